The molecule has 1 aromatic heterocycles. The van der Waals surface area contributed by atoms with Crippen LogP contribution in [0.1, 0.15) is 23.2 Å². The van der Waals surface area contributed by atoms with Gasteiger partial charge in [-0.2, -0.15) is 0 Å². The van der Waals surface area contributed by atoms with E-state index >= 15 is 0 Å². The zero-order valence-corrected chi connectivity index (χ0v) is 19.0. The first-order chi connectivity index (χ1) is 15.4. The minimum atomic E-state index is -0.246. The molecule has 0 spiro atoms. The minimum absolute atomic E-state index is 0.196. The molecule has 0 aliphatic carbocycles. The number of benzene rings is 2. The lowest BCUT2D eigenvalue weighted by molar-refractivity contribution is -0.121. The van der Waals surface area contributed by atoms with Crippen LogP contribution in [-0.2, 0) is 9.59 Å². The SMILES string of the molecule is COc1ccc2sc(N(CCN(C)C)C(=O)c3cccc(N4C(=O)CCC4=O)c3)nc2c1. The van der Waals surface area contributed by atoms with Crippen molar-refractivity contribution in [3.05, 3.63) is 48.0 Å². The highest BCUT2D eigenvalue weighted by Crippen LogP contribution is 2.32. The molecule has 3 aromatic rings. The molecule has 8 nitrogen and oxygen atoms in total. The Labute approximate surface area is 190 Å². The average Bonchev–Trinajstić information content (AvgIpc) is 3.35. The molecule has 1 aliphatic heterocycles. The zero-order valence-electron chi connectivity index (χ0n) is 18.2. The fourth-order valence-corrected chi connectivity index (χ4v) is 4.49. The monoisotopic (exact) mass is 452 g/mol. The standard InChI is InChI=1S/C23H24N4O4S/c1-25(2)11-12-26(23-24-18-14-17(31-3)7-8-19(18)32-23)22(30)15-5-4-6-16(13-15)27-20(28)9-10-21(27)29/h4-8,13-14H,9-12H2,1-3H3. The Morgan fingerprint density at radius 3 is 2.53 bits per heavy atom. The van der Waals surface area contributed by atoms with Crippen molar-refractivity contribution in [1.82, 2.24) is 9.88 Å². The van der Waals surface area contributed by atoms with E-state index in [0.29, 0.717) is 35.2 Å². The molecular weight excluding hydrogens is 428 g/mol. The van der Waals surface area contributed by atoms with Crippen LogP contribution in [0.2, 0.25) is 0 Å². The molecule has 1 saturated heterocycles. The van der Waals surface area contributed by atoms with Gasteiger partial charge in [0.1, 0.15) is 5.75 Å². The van der Waals surface area contributed by atoms with E-state index in [0.717, 1.165) is 15.1 Å². The number of hydrogen-bond acceptors (Lipinski definition) is 7. The van der Waals surface area contributed by atoms with E-state index in [1.54, 1.807) is 36.3 Å². The Morgan fingerprint density at radius 1 is 1.09 bits per heavy atom. The van der Waals surface area contributed by atoms with Gasteiger partial charge in [-0.3, -0.25) is 24.2 Å². The Morgan fingerprint density at radius 2 is 1.84 bits per heavy atom. The van der Waals surface area contributed by atoms with Crippen molar-refractivity contribution in [3.63, 3.8) is 0 Å². The Bertz CT molecular complexity index is 1170. The second-order valence-electron chi connectivity index (χ2n) is 7.76. The van der Waals surface area contributed by atoms with Gasteiger partial charge in [-0.05, 0) is 44.4 Å². The summed E-state index contributed by atoms with van der Waals surface area (Å²) in [5.74, 6) is -0.0275. The van der Waals surface area contributed by atoms with Gasteiger partial charge in [0.05, 0.1) is 23.0 Å². The third-order valence-corrected chi connectivity index (χ3v) is 6.29. The predicted octanol–water partition coefficient (Wildman–Crippen LogP) is 3.17. The molecule has 166 valence electrons. The number of amides is 3. The van der Waals surface area contributed by atoms with Crippen LogP contribution < -0.4 is 14.5 Å². The lowest BCUT2D eigenvalue weighted by atomic mass is 10.1. The minimum Gasteiger partial charge on any atom is -0.497 e. The van der Waals surface area contributed by atoms with Gasteiger partial charge >= 0.3 is 0 Å². The fraction of sp³-hybridized carbons (Fsp3) is 0.304. The molecule has 32 heavy (non-hydrogen) atoms. The maximum absolute atomic E-state index is 13.5. The van der Waals surface area contributed by atoms with Gasteiger partial charge in [0, 0.05) is 37.6 Å². The summed E-state index contributed by atoms with van der Waals surface area (Å²) in [4.78, 5) is 47.3. The van der Waals surface area contributed by atoms with Crippen LogP contribution in [-0.4, -0.2) is 61.9 Å². The fourth-order valence-electron chi connectivity index (χ4n) is 3.52. The lowest BCUT2D eigenvalue weighted by Gasteiger charge is -2.22. The van der Waals surface area contributed by atoms with Gasteiger partial charge < -0.3 is 9.64 Å². The summed E-state index contributed by atoms with van der Waals surface area (Å²) in [5.41, 5.74) is 1.57. The maximum atomic E-state index is 13.5. The molecule has 2 aromatic carbocycles. The van der Waals surface area contributed by atoms with Crippen molar-refractivity contribution in [3.8, 4) is 5.75 Å². The van der Waals surface area contributed by atoms with E-state index < -0.39 is 0 Å². The smallest absolute Gasteiger partial charge is 0.260 e. The number of ether oxygens (including phenoxy) is 1. The number of hydrogen-bond donors (Lipinski definition) is 0. The average molecular weight is 453 g/mol. The van der Waals surface area contributed by atoms with E-state index in [1.165, 1.54) is 11.3 Å². The molecule has 1 fully saturated rings. The van der Waals surface area contributed by atoms with Crippen molar-refractivity contribution < 1.29 is 19.1 Å². The summed E-state index contributed by atoms with van der Waals surface area (Å²) in [6.07, 6.45) is 0.391. The molecule has 2 heterocycles. The predicted molar refractivity (Wildman–Crippen MR) is 125 cm³/mol. The number of imide groups is 1. The van der Waals surface area contributed by atoms with Crippen molar-refractivity contribution in [2.45, 2.75) is 12.8 Å². The first-order valence-corrected chi connectivity index (χ1v) is 11.1. The van der Waals surface area contributed by atoms with Crippen LogP contribution in [0.3, 0.4) is 0 Å². The van der Waals surface area contributed by atoms with Gasteiger partial charge in [0.2, 0.25) is 11.8 Å². The van der Waals surface area contributed by atoms with Crippen molar-refractivity contribution >= 4 is 50.1 Å². The third-order valence-electron chi connectivity index (χ3n) is 5.23. The van der Waals surface area contributed by atoms with Crippen LogP contribution in [0.4, 0.5) is 10.8 Å². The van der Waals surface area contributed by atoms with Crippen molar-refractivity contribution in [1.29, 1.82) is 0 Å². The van der Waals surface area contributed by atoms with Gasteiger partial charge in [0.15, 0.2) is 5.13 Å². The number of thiazole rings is 1. The van der Waals surface area contributed by atoms with Gasteiger partial charge in [-0.25, -0.2) is 4.98 Å². The first kappa shape index (κ1) is 21.9. The summed E-state index contributed by atoms with van der Waals surface area (Å²) in [7, 11) is 5.48. The molecule has 9 heteroatoms. The van der Waals surface area contributed by atoms with E-state index in [1.807, 2.05) is 37.2 Å². The first-order valence-electron chi connectivity index (χ1n) is 10.2. The van der Waals surface area contributed by atoms with E-state index in [9.17, 15) is 14.4 Å². The highest BCUT2D eigenvalue weighted by atomic mass is 32.1. The van der Waals surface area contributed by atoms with Crippen LogP contribution in [0, 0.1) is 0 Å². The Balaban J connectivity index is 1.69. The van der Waals surface area contributed by atoms with Gasteiger partial charge in [0.25, 0.3) is 5.91 Å². The van der Waals surface area contributed by atoms with Gasteiger partial charge in [-0.1, -0.05) is 17.4 Å². The third kappa shape index (κ3) is 4.35. The number of carbonyl (C=O) groups excluding carboxylic acids is 3. The lowest BCUT2D eigenvalue weighted by Crippen LogP contribution is -2.37. The summed E-state index contributed by atoms with van der Waals surface area (Å²) < 4.78 is 6.23. The summed E-state index contributed by atoms with van der Waals surface area (Å²) in [5, 5.41) is 0.582. The number of rotatable bonds is 7. The summed E-state index contributed by atoms with van der Waals surface area (Å²) in [6, 6.07) is 12.3. The van der Waals surface area contributed by atoms with Gasteiger partial charge in [-0.15, -0.1) is 0 Å². The number of carbonyl (C=O) groups is 3. The molecule has 0 atom stereocenters. The number of likely N-dealkylation sites (N-methyl/N-ethyl adjacent to an activating group) is 1. The number of aromatic nitrogens is 1. The molecule has 0 N–H and O–H groups in total. The number of methoxy groups -OCH3 is 1. The highest BCUT2D eigenvalue weighted by Gasteiger charge is 2.31. The normalized spacial score (nSPS) is 13.9. The quantitative estimate of drug-likeness (QED) is 0.512. The summed E-state index contributed by atoms with van der Waals surface area (Å²) in [6.45, 7) is 1.09. The maximum Gasteiger partial charge on any atom is 0.260 e. The molecule has 4 rings (SSSR count). The number of anilines is 2. The Kier molecular flexibility index (Phi) is 6.20. The number of nitrogens with zero attached hydrogens (tertiary/aromatic N) is 4. The molecule has 1 aliphatic rings. The molecule has 3 amide bonds. The zero-order chi connectivity index (χ0) is 22.8. The highest BCUT2D eigenvalue weighted by molar-refractivity contribution is 7.22. The van der Waals surface area contributed by atoms with Crippen molar-refractivity contribution in [2.24, 2.45) is 0 Å². The molecule has 0 radical (unpaired) electrons. The Hall–Kier alpha value is -3.30. The number of fused-ring (bicyclic) bond motifs is 1. The second kappa shape index (κ2) is 9.05. The molecule has 0 bridgehead atoms. The van der Waals surface area contributed by atoms with E-state index in [2.05, 4.69) is 4.98 Å². The molecular formula is C23H24N4O4S. The van der Waals surface area contributed by atoms with Crippen LogP contribution in [0.25, 0.3) is 10.2 Å². The summed E-state index contributed by atoms with van der Waals surface area (Å²) >= 11 is 1.43. The largest absolute Gasteiger partial charge is 0.497 e. The van der Waals surface area contributed by atoms with Crippen molar-refractivity contribution in [2.75, 3.05) is 44.1 Å². The van der Waals surface area contributed by atoms with Crippen LogP contribution >= 0.6 is 11.3 Å². The molecule has 0 saturated carbocycles. The van der Waals surface area contributed by atoms with Crippen LogP contribution in [0.15, 0.2) is 42.5 Å². The van der Waals surface area contributed by atoms with E-state index in [-0.39, 0.29) is 30.6 Å². The second-order valence-corrected chi connectivity index (χ2v) is 8.77. The topological polar surface area (TPSA) is 83.0 Å². The van der Waals surface area contributed by atoms with Crippen LogP contribution in [0.5, 0.6) is 5.75 Å². The molecule has 0 unspecified atom stereocenters. The van der Waals surface area contributed by atoms with E-state index in [4.69, 9.17) is 4.74 Å².